The first kappa shape index (κ1) is 10.4. The van der Waals surface area contributed by atoms with Crippen LogP contribution in [-0.4, -0.2) is 16.3 Å². The summed E-state index contributed by atoms with van der Waals surface area (Å²) in [6.07, 6.45) is 0. The van der Waals surface area contributed by atoms with Crippen LogP contribution in [0.25, 0.3) is 0 Å². The van der Waals surface area contributed by atoms with Crippen LogP contribution in [0.5, 0.6) is 0 Å². The maximum Gasteiger partial charge on any atom is 0.0901 e. The molecule has 0 spiro atoms. The summed E-state index contributed by atoms with van der Waals surface area (Å²) in [5.41, 5.74) is 9.27. The number of hydrogen-bond acceptors (Lipinski definition) is 3. The van der Waals surface area contributed by atoms with Crippen molar-refractivity contribution in [3.8, 4) is 0 Å². The third kappa shape index (κ3) is 1.96. The highest BCUT2D eigenvalue weighted by Crippen LogP contribution is 2.21. The largest absolute Gasteiger partial charge is 0.328 e. The molecule has 0 aliphatic rings. The monoisotopic (exact) mass is 221 g/mol. The van der Waals surface area contributed by atoms with Crippen LogP contribution < -0.4 is 5.73 Å². The van der Waals surface area contributed by atoms with E-state index in [9.17, 15) is 0 Å². The van der Waals surface area contributed by atoms with E-state index >= 15 is 0 Å². The quantitative estimate of drug-likeness (QED) is 0.862. The van der Waals surface area contributed by atoms with Gasteiger partial charge < -0.3 is 5.73 Å². The summed E-state index contributed by atoms with van der Waals surface area (Å²) in [7, 11) is 0. The second kappa shape index (κ2) is 4.16. The molecule has 0 radical (unpaired) electrons. The fourth-order valence-corrected chi connectivity index (χ4v) is 2.51. The molecular weight excluding hydrogens is 206 g/mol. The van der Waals surface area contributed by atoms with E-state index in [4.69, 9.17) is 5.73 Å². The maximum absolute atomic E-state index is 5.82. The van der Waals surface area contributed by atoms with Gasteiger partial charge in [-0.25, -0.2) is 0 Å². The smallest absolute Gasteiger partial charge is 0.0901 e. The van der Waals surface area contributed by atoms with Crippen molar-refractivity contribution in [2.45, 2.75) is 19.9 Å². The molecule has 2 aromatic rings. The van der Waals surface area contributed by atoms with E-state index in [1.807, 2.05) is 11.6 Å². The van der Waals surface area contributed by atoms with Gasteiger partial charge in [0.2, 0.25) is 0 Å². The molecule has 2 N–H and O–H groups in total. The Morgan fingerprint density at radius 1 is 1.53 bits per heavy atom. The molecule has 0 fully saturated rings. The van der Waals surface area contributed by atoms with Gasteiger partial charge in [-0.2, -0.15) is 16.4 Å². The molecule has 0 amide bonds. The van der Waals surface area contributed by atoms with E-state index in [0.717, 1.165) is 11.4 Å². The van der Waals surface area contributed by atoms with E-state index in [-0.39, 0.29) is 6.04 Å². The molecule has 0 aliphatic carbocycles. The molecule has 0 bridgehead atoms. The number of nitrogens with two attached hydrogens (primary N) is 1. The van der Waals surface area contributed by atoms with Crippen molar-refractivity contribution in [1.82, 2.24) is 9.78 Å². The minimum absolute atomic E-state index is 0.171. The molecule has 3 nitrogen and oxygen atoms in total. The zero-order valence-corrected chi connectivity index (χ0v) is 9.79. The second-order valence-corrected chi connectivity index (χ2v) is 4.46. The lowest BCUT2D eigenvalue weighted by atomic mass is 10.1. The van der Waals surface area contributed by atoms with Gasteiger partial charge in [-0.1, -0.05) is 0 Å². The van der Waals surface area contributed by atoms with E-state index < -0.39 is 0 Å². The Labute approximate surface area is 93.5 Å². The fourth-order valence-electron chi connectivity index (χ4n) is 1.80. The summed E-state index contributed by atoms with van der Waals surface area (Å²) < 4.78 is 2.01. The highest BCUT2D eigenvalue weighted by Gasteiger charge is 2.15. The average molecular weight is 221 g/mol. The van der Waals surface area contributed by atoms with Crippen molar-refractivity contribution in [2.24, 2.45) is 5.73 Å². The third-order valence-electron chi connectivity index (χ3n) is 2.49. The van der Waals surface area contributed by atoms with Crippen molar-refractivity contribution >= 4 is 11.3 Å². The minimum Gasteiger partial charge on any atom is -0.328 e. The molecule has 80 valence electrons. The van der Waals surface area contributed by atoms with Crippen LogP contribution in [0, 0.1) is 13.8 Å². The van der Waals surface area contributed by atoms with E-state index in [1.165, 1.54) is 5.56 Å². The number of nitrogens with zero attached hydrogens (tertiary/aromatic N) is 2. The number of thiophene rings is 1. The van der Waals surface area contributed by atoms with Gasteiger partial charge in [-0.05, 0) is 42.3 Å². The van der Waals surface area contributed by atoms with Gasteiger partial charge in [0.05, 0.1) is 11.7 Å². The van der Waals surface area contributed by atoms with E-state index in [0.29, 0.717) is 6.54 Å². The molecule has 1 atom stereocenters. The Morgan fingerprint density at radius 2 is 2.33 bits per heavy atom. The van der Waals surface area contributed by atoms with Gasteiger partial charge >= 0.3 is 0 Å². The first-order valence-corrected chi connectivity index (χ1v) is 5.91. The normalized spacial score (nSPS) is 13.0. The predicted octanol–water partition coefficient (Wildman–Crippen LogP) is 2.11. The molecule has 0 aromatic carbocycles. The summed E-state index contributed by atoms with van der Waals surface area (Å²) in [5.74, 6) is 0. The summed E-state index contributed by atoms with van der Waals surface area (Å²) in [6.45, 7) is 4.65. The van der Waals surface area contributed by atoms with Crippen LogP contribution in [0.3, 0.4) is 0 Å². The Bertz CT molecular complexity index is 431. The Balaban J connectivity index is 2.39. The topological polar surface area (TPSA) is 43.8 Å². The lowest BCUT2D eigenvalue weighted by Gasteiger charge is -2.16. The molecule has 0 saturated heterocycles. The van der Waals surface area contributed by atoms with Crippen molar-refractivity contribution < 1.29 is 0 Å². The number of aryl methyl sites for hydroxylation is 2. The number of hydrogen-bond donors (Lipinski definition) is 1. The van der Waals surface area contributed by atoms with Crippen LogP contribution in [0.4, 0.5) is 0 Å². The van der Waals surface area contributed by atoms with Crippen LogP contribution in [0.2, 0.25) is 0 Å². The summed E-state index contributed by atoms with van der Waals surface area (Å²) in [4.78, 5) is 0. The molecule has 0 aliphatic heterocycles. The molecule has 2 heterocycles. The van der Waals surface area contributed by atoms with Crippen LogP contribution >= 0.6 is 11.3 Å². The minimum atomic E-state index is 0.171. The summed E-state index contributed by atoms with van der Waals surface area (Å²) >= 11 is 1.69. The number of rotatable bonds is 3. The highest BCUT2D eigenvalue weighted by atomic mass is 32.1. The predicted molar refractivity (Wildman–Crippen MR) is 63.2 cm³/mol. The van der Waals surface area contributed by atoms with Crippen LogP contribution in [0.15, 0.2) is 22.9 Å². The van der Waals surface area contributed by atoms with Crippen molar-refractivity contribution in [3.63, 3.8) is 0 Å². The standard InChI is InChI=1S/C11H15N3S/c1-8-5-9(2)14(13-8)11(6-12)10-3-4-15-7-10/h3-5,7,11H,6,12H2,1-2H3. The molecule has 15 heavy (non-hydrogen) atoms. The van der Waals surface area contributed by atoms with Crippen molar-refractivity contribution in [3.05, 3.63) is 39.8 Å². The molecule has 2 aromatic heterocycles. The summed E-state index contributed by atoms with van der Waals surface area (Å²) in [6, 6.07) is 4.36. The number of aromatic nitrogens is 2. The van der Waals surface area contributed by atoms with Gasteiger partial charge in [0, 0.05) is 12.2 Å². The molecular formula is C11H15N3S. The molecule has 0 saturated carbocycles. The van der Waals surface area contributed by atoms with Gasteiger partial charge in [0.25, 0.3) is 0 Å². The molecule has 2 rings (SSSR count). The summed E-state index contributed by atoms with van der Waals surface area (Å²) in [5, 5.41) is 8.68. The van der Waals surface area contributed by atoms with Gasteiger partial charge in [0.15, 0.2) is 0 Å². The lowest BCUT2D eigenvalue weighted by Crippen LogP contribution is -2.22. The lowest BCUT2D eigenvalue weighted by molar-refractivity contribution is 0.518. The SMILES string of the molecule is Cc1cc(C)n(C(CN)c2ccsc2)n1. The van der Waals surface area contributed by atoms with Crippen LogP contribution in [-0.2, 0) is 0 Å². The Hall–Kier alpha value is -1.13. The molecule has 1 unspecified atom stereocenters. The maximum atomic E-state index is 5.82. The van der Waals surface area contributed by atoms with Gasteiger partial charge in [-0.15, -0.1) is 0 Å². The zero-order chi connectivity index (χ0) is 10.8. The van der Waals surface area contributed by atoms with Crippen LogP contribution in [0.1, 0.15) is 23.0 Å². The first-order chi connectivity index (χ1) is 7.22. The van der Waals surface area contributed by atoms with E-state index in [1.54, 1.807) is 11.3 Å². The fraction of sp³-hybridized carbons (Fsp3) is 0.364. The van der Waals surface area contributed by atoms with Gasteiger partial charge in [-0.3, -0.25) is 4.68 Å². The highest BCUT2D eigenvalue weighted by molar-refractivity contribution is 7.07. The Morgan fingerprint density at radius 3 is 2.80 bits per heavy atom. The van der Waals surface area contributed by atoms with Crippen molar-refractivity contribution in [2.75, 3.05) is 6.54 Å². The molecule has 4 heteroatoms. The van der Waals surface area contributed by atoms with Crippen molar-refractivity contribution in [1.29, 1.82) is 0 Å². The Kier molecular flexibility index (Phi) is 2.88. The zero-order valence-electron chi connectivity index (χ0n) is 8.97. The third-order valence-corrected chi connectivity index (χ3v) is 3.19. The van der Waals surface area contributed by atoms with Gasteiger partial charge in [0.1, 0.15) is 0 Å². The average Bonchev–Trinajstić information content (AvgIpc) is 2.79. The first-order valence-electron chi connectivity index (χ1n) is 4.97. The second-order valence-electron chi connectivity index (χ2n) is 3.68. The van der Waals surface area contributed by atoms with E-state index in [2.05, 4.69) is 34.9 Å².